The maximum absolute atomic E-state index is 13.4. The number of hydrogen-bond donors (Lipinski definition) is 2. The Labute approximate surface area is 146 Å². The number of aliphatic hydroxyl groups is 1. The lowest BCUT2D eigenvalue weighted by Gasteiger charge is -2.27. The van der Waals surface area contributed by atoms with E-state index in [0.717, 1.165) is 0 Å². The number of amides is 1. The van der Waals surface area contributed by atoms with Crippen LogP contribution in [0.3, 0.4) is 0 Å². The number of halogens is 2. The van der Waals surface area contributed by atoms with E-state index in [-0.39, 0.29) is 24.2 Å². The molecular weight excluding hydrogens is 324 g/mol. The smallest absolute Gasteiger partial charge is 0.230 e. The van der Waals surface area contributed by atoms with Gasteiger partial charge in [0, 0.05) is 6.04 Å². The first-order valence-corrected chi connectivity index (χ1v) is 8.20. The fourth-order valence-corrected chi connectivity index (χ4v) is 2.63. The van der Waals surface area contributed by atoms with E-state index in [4.69, 9.17) is 0 Å². The van der Waals surface area contributed by atoms with Crippen molar-refractivity contribution in [2.24, 2.45) is 0 Å². The molecule has 5 heteroatoms. The van der Waals surface area contributed by atoms with E-state index < -0.39 is 17.3 Å². The van der Waals surface area contributed by atoms with Gasteiger partial charge in [0.2, 0.25) is 5.91 Å². The molecule has 0 saturated carbocycles. The predicted molar refractivity (Wildman–Crippen MR) is 93.0 cm³/mol. The van der Waals surface area contributed by atoms with Gasteiger partial charge >= 0.3 is 0 Å². The highest BCUT2D eigenvalue weighted by Crippen LogP contribution is 2.25. The quantitative estimate of drug-likeness (QED) is 0.833. The highest BCUT2D eigenvalue weighted by molar-refractivity contribution is 5.87. The van der Waals surface area contributed by atoms with E-state index in [1.807, 2.05) is 0 Å². The summed E-state index contributed by atoms with van der Waals surface area (Å²) in [6, 6.07) is 11.3. The van der Waals surface area contributed by atoms with Crippen LogP contribution in [-0.4, -0.2) is 17.1 Å². The number of rotatable bonds is 6. The molecule has 0 aromatic heterocycles. The zero-order valence-corrected chi connectivity index (χ0v) is 14.6. The molecule has 3 nitrogen and oxygen atoms in total. The maximum atomic E-state index is 13.4. The minimum atomic E-state index is -0.906. The van der Waals surface area contributed by atoms with Crippen LogP contribution in [0, 0.1) is 11.6 Å². The minimum Gasteiger partial charge on any atom is -0.388 e. The van der Waals surface area contributed by atoms with Crippen LogP contribution in [0.1, 0.15) is 44.4 Å². The van der Waals surface area contributed by atoms with Crippen LogP contribution in [0.2, 0.25) is 0 Å². The number of carbonyl (C=O) groups excluding carboxylic acids is 1. The third-order valence-electron chi connectivity index (χ3n) is 4.32. The Hall–Kier alpha value is -2.27. The van der Waals surface area contributed by atoms with Gasteiger partial charge in [-0.1, -0.05) is 24.3 Å². The van der Waals surface area contributed by atoms with Crippen molar-refractivity contribution in [3.63, 3.8) is 0 Å². The van der Waals surface area contributed by atoms with Gasteiger partial charge in [0.15, 0.2) is 0 Å². The first kappa shape index (κ1) is 19.1. The van der Waals surface area contributed by atoms with E-state index in [9.17, 15) is 18.7 Å². The molecule has 134 valence electrons. The molecule has 1 amide bonds. The number of hydrogen-bond acceptors (Lipinski definition) is 2. The molecule has 2 N–H and O–H groups in total. The Kier molecular flexibility index (Phi) is 5.90. The van der Waals surface area contributed by atoms with Gasteiger partial charge < -0.3 is 10.4 Å². The molecule has 0 saturated heterocycles. The zero-order chi connectivity index (χ0) is 18.6. The van der Waals surface area contributed by atoms with Crippen LogP contribution in [0.15, 0.2) is 48.5 Å². The molecule has 0 fully saturated rings. The summed E-state index contributed by atoms with van der Waals surface area (Å²) in [4.78, 5) is 12.6. The summed E-state index contributed by atoms with van der Waals surface area (Å²) >= 11 is 0. The Balaban J connectivity index is 2.00. The molecule has 25 heavy (non-hydrogen) atoms. The first-order valence-electron chi connectivity index (χ1n) is 8.20. The van der Waals surface area contributed by atoms with E-state index in [2.05, 4.69) is 5.32 Å². The second kappa shape index (κ2) is 7.74. The van der Waals surface area contributed by atoms with Crippen molar-refractivity contribution >= 4 is 5.91 Å². The summed E-state index contributed by atoms with van der Waals surface area (Å²) in [5, 5.41) is 13.1. The Bertz CT molecular complexity index is 729. The van der Waals surface area contributed by atoms with Gasteiger partial charge in [-0.15, -0.1) is 0 Å². The van der Waals surface area contributed by atoms with E-state index in [1.165, 1.54) is 36.4 Å². The fraction of sp³-hybridized carbons (Fsp3) is 0.350. The van der Waals surface area contributed by atoms with Crippen LogP contribution in [0.4, 0.5) is 8.78 Å². The average Bonchev–Trinajstić information content (AvgIpc) is 2.55. The van der Waals surface area contributed by atoms with E-state index >= 15 is 0 Å². The summed E-state index contributed by atoms with van der Waals surface area (Å²) in [6.45, 7) is 5.23. The second-order valence-corrected chi connectivity index (χ2v) is 6.81. The Morgan fingerprint density at radius 2 is 1.76 bits per heavy atom. The molecular formula is C20H23F2NO2. The molecule has 0 aliphatic heterocycles. The van der Waals surface area contributed by atoms with Gasteiger partial charge in [-0.05, 0) is 62.6 Å². The van der Waals surface area contributed by atoms with Crippen LogP contribution < -0.4 is 5.32 Å². The number of benzene rings is 2. The predicted octanol–water partition coefficient (Wildman–Crippen LogP) is 3.87. The van der Waals surface area contributed by atoms with Crippen molar-refractivity contribution in [3.8, 4) is 0 Å². The van der Waals surface area contributed by atoms with Crippen LogP contribution in [0.5, 0.6) is 0 Å². The van der Waals surface area contributed by atoms with Crippen molar-refractivity contribution in [2.75, 3.05) is 0 Å². The largest absolute Gasteiger partial charge is 0.388 e. The van der Waals surface area contributed by atoms with Crippen molar-refractivity contribution in [1.82, 2.24) is 5.32 Å². The minimum absolute atomic E-state index is 0.253. The maximum Gasteiger partial charge on any atom is 0.230 e. The second-order valence-electron chi connectivity index (χ2n) is 6.81. The third kappa shape index (κ3) is 4.86. The molecule has 2 atom stereocenters. The Morgan fingerprint density at radius 3 is 2.36 bits per heavy atom. The number of aliphatic hydroxyl groups excluding tert-OH is 1. The summed E-state index contributed by atoms with van der Waals surface area (Å²) in [6.07, 6.45) is -0.524. The molecule has 2 aromatic carbocycles. The van der Waals surface area contributed by atoms with Crippen LogP contribution >= 0.6 is 0 Å². The average molecular weight is 347 g/mol. The number of carbonyl (C=O) groups is 1. The monoisotopic (exact) mass is 347 g/mol. The normalized spacial score (nSPS) is 14.0. The lowest BCUT2D eigenvalue weighted by Crippen LogP contribution is -2.44. The molecule has 0 bridgehead atoms. The van der Waals surface area contributed by atoms with E-state index in [0.29, 0.717) is 11.1 Å². The molecule has 0 aliphatic carbocycles. The molecule has 0 aliphatic rings. The zero-order valence-electron chi connectivity index (χ0n) is 14.6. The summed E-state index contributed by atoms with van der Waals surface area (Å²) in [5.41, 5.74) is 0.264. The van der Waals surface area contributed by atoms with Gasteiger partial charge in [-0.25, -0.2) is 8.78 Å². The SMILES string of the molecule is CC(CC(O)c1ccc(F)cc1)NC(=O)C(C)(C)c1cccc(F)c1. The third-order valence-corrected chi connectivity index (χ3v) is 4.32. The summed E-state index contributed by atoms with van der Waals surface area (Å²) in [5.74, 6) is -1.01. The molecule has 0 radical (unpaired) electrons. The van der Waals surface area contributed by atoms with Gasteiger partial charge in [-0.3, -0.25) is 4.79 Å². The van der Waals surface area contributed by atoms with Gasteiger partial charge in [-0.2, -0.15) is 0 Å². The van der Waals surface area contributed by atoms with E-state index in [1.54, 1.807) is 32.9 Å². The highest BCUT2D eigenvalue weighted by Gasteiger charge is 2.31. The standard InChI is InChI=1S/C20H23F2NO2/c1-13(11-18(24)14-7-9-16(21)10-8-14)23-19(25)20(2,3)15-5-4-6-17(22)12-15/h4-10,12-13,18,24H,11H2,1-3H3,(H,23,25). The first-order chi connectivity index (χ1) is 11.7. The van der Waals surface area contributed by atoms with Crippen molar-refractivity contribution in [1.29, 1.82) is 0 Å². The Morgan fingerprint density at radius 1 is 1.12 bits per heavy atom. The van der Waals surface area contributed by atoms with Crippen molar-refractivity contribution in [3.05, 3.63) is 71.3 Å². The van der Waals surface area contributed by atoms with Gasteiger partial charge in [0.1, 0.15) is 11.6 Å². The summed E-state index contributed by atoms with van der Waals surface area (Å²) in [7, 11) is 0. The van der Waals surface area contributed by atoms with Crippen LogP contribution in [0.25, 0.3) is 0 Å². The summed E-state index contributed by atoms with van der Waals surface area (Å²) < 4.78 is 26.4. The highest BCUT2D eigenvalue weighted by atomic mass is 19.1. The fourth-order valence-electron chi connectivity index (χ4n) is 2.63. The lowest BCUT2D eigenvalue weighted by molar-refractivity contribution is -0.126. The topological polar surface area (TPSA) is 49.3 Å². The van der Waals surface area contributed by atoms with Gasteiger partial charge in [0.05, 0.1) is 11.5 Å². The van der Waals surface area contributed by atoms with Crippen molar-refractivity contribution in [2.45, 2.75) is 44.8 Å². The lowest BCUT2D eigenvalue weighted by atomic mass is 9.83. The molecule has 2 rings (SSSR count). The molecule has 0 heterocycles. The molecule has 2 aromatic rings. The van der Waals surface area contributed by atoms with Gasteiger partial charge in [0.25, 0.3) is 0 Å². The van der Waals surface area contributed by atoms with Crippen molar-refractivity contribution < 1.29 is 18.7 Å². The number of nitrogens with one attached hydrogen (secondary N) is 1. The molecule has 0 spiro atoms. The molecule has 2 unspecified atom stereocenters. The van der Waals surface area contributed by atoms with Crippen LogP contribution in [-0.2, 0) is 10.2 Å².